The molecule has 2 heterocycles. The highest BCUT2D eigenvalue weighted by Crippen LogP contribution is 2.38. The fourth-order valence-corrected chi connectivity index (χ4v) is 6.04. The van der Waals surface area contributed by atoms with E-state index in [2.05, 4.69) is 20.9 Å². The Labute approximate surface area is 248 Å². The normalized spacial score (nSPS) is 14.7. The molecule has 1 aliphatic heterocycles. The molecule has 2 aromatic carbocycles. The second kappa shape index (κ2) is 12.7. The highest BCUT2D eigenvalue weighted by molar-refractivity contribution is 9.10. The largest absolute Gasteiger partial charge is 0.493 e. The van der Waals surface area contributed by atoms with Crippen LogP contribution in [-0.2, 0) is 14.3 Å². The van der Waals surface area contributed by atoms with Gasteiger partial charge in [-0.15, -0.1) is 0 Å². The first-order valence-corrected chi connectivity index (χ1v) is 14.3. The Balaban J connectivity index is 1.94. The molecule has 0 unspecified atom stereocenters. The molecular weight excluding hydrogens is 616 g/mol. The Hall–Kier alpha value is -3.90. The lowest BCUT2D eigenvalue weighted by molar-refractivity contribution is -0.139. The SMILES string of the molecule is CCOC(=O)C1=C(C)N=c2s/c(=C\c3cc(Br)c(OC(C)=O)c(OC)c3)c(=O)n2[C@@H]1c1ccc(OC)c(OCC)c1. The van der Waals surface area contributed by atoms with Gasteiger partial charge >= 0.3 is 11.9 Å². The van der Waals surface area contributed by atoms with Gasteiger partial charge < -0.3 is 23.7 Å². The number of hydrogen-bond donors (Lipinski definition) is 0. The zero-order chi connectivity index (χ0) is 29.8. The molecule has 0 saturated carbocycles. The maximum atomic E-state index is 14.0. The number of carbonyl (C=O) groups excluding carboxylic acids is 2. The monoisotopic (exact) mass is 644 g/mol. The van der Waals surface area contributed by atoms with Crippen molar-refractivity contribution in [2.75, 3.05) is 27.4 Å². The molecule has 1 atom stereocenters. The fraction of sp³-hybridized carbons (Fsp3) is 0.310. The molecule has 10 nitrogen and oxygen atoms in total. The molecule has 12 heteroatoms. The van der Waals surface area contributed by atoms with Crippen molar-refractivity contribution in [1.82, 2.24) is 4.57 Å². The summed E-state index contributed by atoms with van der Waals surface area (Å²) >= 11 is 4.60. The summed E-state index contributed by atoms with van der Waals surface area (Å²) in [4.78, 5) is 43.7. The third-order valence-corrected chi connectivity index (χ3v) is 7.69. The van der Waals surface area contributed by atoms with Crippen LogP contribution >= 0.6 is 27.3 Å². The van der Waals surface area contributed by atoms with Crippen LogP contribution in [0.15, 0.2) is 55.9 Å². The van der Waals surface area contributed by atoms with Gasteiger partial charge in [0.25, 0.3) is 5.56 Å². The average molecular weight is 646 g/mol. The number of methoxy groups -OCH3 is 2. The first-order chi connectivity index (χ1) is 19.6. The molecule has 216 valence electrons. The van der Waals surface area contributed by atoms with E-state index in [-0.39, 0.29) is 23.5 Å². The summed E-state index contributed by atoms with van der Waals surface area (Å²) < 4.78 is 29.6. The lowest BCUT2D eigenvalue weighted by Crippen LogP contribution is -2.40. The van der Waals surface area contributed by atoms with E-state index in [9.17, 15) is 14.4 Å². The number of thiazole rings is 1. The highest BCUT2D eigenvalue weighted by atomic mass is 79.9. The van der Waals surface area contributed by atoms with Gasteiger partial charge in [0.15, 0.2) is 27.8 Å². The van der Waals surface area contributed by atoms with E-state index in [0.29, 0.717) is 54.5 Å². The van der Waals surface area contributed by atoms with Crippen LogP contribution in [0.2, 0.25) is 0 Å². The molecule has 1 aromatic heterocycles. The Bertz CT molecular complexity index is 1720. The zero-order valence-corrected chi connectivity index (χ0v) is 25.8. The van der Waals surface area contributed by atoms with Gasteiger partial charge in [-0.05, 0) is 78.2 Å². The van der Waals surface area contributed by atoms with Crippen molar-refractivity contribution < 1.29 is 33.3 Å². The third kappa shape index (κ3) is 6.08. The smallest absolute Gasteiger partial charge is 0.338 e. The van der Waals surface area contributed by atoms with Gasteiger partial charge in [0.2, 0.25) is 0 Å². The number of rotatable bonds is 9. The minimum atomic E-state index is -0.815. The third-order valence-electron chi connectivity index (χ3n) is 6.12. The number of halogens is 1. The summed E-state index contributed by atoms with van der Waals surface area (Å²) in [5, 5.41) is 0. The van der Waals surface area contributed by atoms with Crippen LogP contribution in [-0.4, -0.2) is 43.9 Å². The molecule has 0 N–H and O–H groups in total. The number of allylic oxidation sites excluding steroid dienone is 1. The van der Waals surface area contributed by atoms with E-state index in [1.54, 1.807) is 57.4 Å². The van der Waals surface area contributed by atoms with Crippen molar-refractivity contribution in [3.8, 4) is 23.0 Å². The van der Waals surface area contributed by atoms with Gasteiger partial charge in [-0.2, -0.15) is 0 Å². The molecule has 0 spiro atoms. The summed E-state index contributed by atoms with van der Waals surface area (Å²) in [6, 6.07) is 7.84. The second-order valence-corrected chi connectivity index (χ2v) is 10.6. The summed E-state index contributed by atoms with van der Waals surface area (Å²) in [7, 11) is 3.00. The molecule has 41 heavy (non-hydrogen) atoms. The summed E-state index contributed by atoms with van der Waals surface area (Å²) in [5.74, 6) is 0.502. The molecule has 0 amide bonds. The Morgan fingerprint density at radius 1 is 1.07 bits per heavy atom. The number of nitrogens with zero attached hydrogens (tertiary/aromatic N) is 2. The molecule has 3 aromatic rings. The van der Waals surface area contributed by atoms with Crippen LogP contribution in [0.3, 0.4) is 0 Å². The standard InChI is InChI=1S/C29H29BrN2O8S/c1-7-38-21-14-18(9-10-20(21)36-5)25-24(28(35)39-8-2)15(3)31-29-32(25)27(34)23(41-29)13-17-11-19(30)26(40-16(4)33)22(12-17)37-6/h9-14,25H,7-8H2,1-6H3/b23-13-/t25-/m1/s1. The van der Waals surface area contributed by atoms with Crippen LogP contribution in [0.1, 0.15) is 44.9 Å². The van der Waals surface area contributed by atoms with Crippen molar-refractivity contribution in [3.05, 3.63) is 76.9 Å². The lowest BCUT2D eigenvalue weighted by Gasteiger charge is -2.25. The van der Waals surface area contributed by atoms with Crippen LogP contribution in [0.25, 0.3) is 6.08 Å². The number of ether oxygens (including phenoxy) is 5. The Kier molecular flexibility index (Phi) is 9.34. The molecule has 4 rings (SSSR count). The fourth-order valence-electron chi connectivity index (χ4n) is 4.46. The molecule has 0 aliphatic carbocycles. The Morgan fingerprint density at radius 2 is 1.80 bits per heavy atom. The van der Waals surface area contributed by atoms with Crippen LogP contribution in [0, 0.1) is 0 Å². The maximum absolute atomic E-state index is 14.0. The number of hydrogen-bond acceptors (Lipinski definition) is 10. The molecule has 1 aliphatic rings. The highest BCUT2D eigenvalue weighted by Gasteiger charge is 2.34. The molecular formula is C29H29BrN2O8S. The van der Waals surface area contributed by atoms with Crippen LogP contribution < -0.4 is 33.8 Å². The predicted molar refractivity (Wildman–Crippen MR) is 157 cm³/mol. The Morgan fingerprint density at radius 3 is 2.44 bits per heavy atom. The van der Waals surface area contributed by atoms with Crippen molar-refractivity contribution in [3.63, 3.8) is 0 Å². The van der Waals surface area contributed by atoms with Gasteiger partial charge in [-0.3, -0.25) is 14.2 Å². The quantitative estimate of drug-likeness (QED) is 0.254. The average Bonchev–Trinajstić information content (AvgIpc) is 3.23. The topological polar surface area (TPSA) is 115 Å². The van der Waals surface area contributed by atoms with E-state index < -0.39 is 18.0 Å². The minimum absolute atomic E-state index is 0.166. The number of esters is 2. The first kappa shape index (κ1) is 30.1. The number of benzene rings is 2. The lowest BCUT2D eigenvalue weighted by atomic mass is 9.95. The number of fused-ring (bicyclic) bond motifs is 1. The van der Waals surface area contributed by atoms with Gasteiger partial charge in [-0.1, -0.05) is 17.4 Å². The van der Waals surface area contributed by atoms with Gasteiger partial charge in [0.1, 0.15) is 0 Å². The molecule has 0 saturated heterocycles. The minimum Gasteiger partial charge on any atom is -0.493 e. The molecule has 0 fully saturated rings. The number of aromatic nitrogens is 1. The molecule has 0 bridgehead atoms. The van der Waals surface area contributed by atoms with E-state index in [1.165, 1.54) is 29.9 Å². The van der Waals surface area contributed by atoms with Crippen molar-refractivity contribution in [2.45, 2.75) is 33.7 Å². The van der Waals surface area contributed by atoms with E-state index >= 15 is 0 Å². The van der Waals surface area contributed by atoms with Gasteiger partial charge in [-0.25, -0.2) is 9.79 Å². The van der Waals surface area contributed by atoms with Gasteiger partial charge in [0, 0.05) is 6.92 Å². The van der Waals surface area contributed by atoms with Crippen LogP contribution in [0.5, 0.6) is 23.0 Å². The first-order valence-electron chi connectivity index (χ1n) is 12.7. The number of carbonyl (C=O) groups is 2. The second-order valence-electron chi connectivity index (χ2n) is 8.77. The van der Waals surface area contributed by atoms with E-state index in [1.807, 2.05) is 6.92 Å². The van der Waals surface area contributed by atoms with E-state index in [4.69, 9.17) is 23.7 Å². The van der Waals surface area contributed by atoms with Crippen LogP contribution in [0.4, 0.5) is 0 Å². The summed E-state index contributed by atoms with van der Waals surface area (Å²) in [6.07, 6.45) is 1.69. The predicted octanol–water partition coefficient (Wildman–Crippen LogP) is 3.90. The maximum Gasteiger partial charge on any atom is 0.338 e. The van der Waals surface area contributed by atoms with Gasteiger partial charge in [0.05, 0.1) is 53.8 Å². The molecule has 0 radical (unpaired) electrons. The van der Waals surface area contributed by atoms with Crippen molar-refractivity contribution in [1.29, 1.82) is 0 Å². The summed E-state index contributed by atoms with van der Waals surface area (Å²) in [6.45, 7) is 7.16. The summed E-state index contributed by atoms with van der Waals surface area (Å²) in [5.41, 5.74) is 1.62. The van der Waals surface area contributed by atoms with E-state index in [0.717, 1.165) is 0 Å². The van der Waals surface area contributed by atoms with Crippen molar-refractivity contribution in [2.24, 2.45) is 4.99 Å². The van der Waals surface area contributed by atoms with Crippen molar-refractivity contribution >= 4 is 45.3 Å². The zero-order valence-electron chi connectivity index (χ0n) is 23.4.